The quantitative estimate of drug-likeness (QED) is 0.0966. The first-order valence-corrected chi connectivity index (χ1v) is 11.3. The molecule has 1 fully saturated rings. The second-order valence-corrected chi connectivity index (χ2v) is 8.28. The van der Waals surface area contributed by atoms with Crippen molar-refractivity contribution in [1.82, 2.24) is 21.3 Å². The summed E-state index contributed by atoms with van der Waals surface area (Å²) in [7, 11) is 0. The van der Waals surface area contributed by atoms with Crippen LogP contribution in [-0.4, -0.2) is 71.8 Å². The molecule has 0 unspecified atom stereocenters. The number of aromatic hydroxyl groups is 1. The molecule has 0 radical (unpaired) electrons. The van der Waals surface area contributed by atoms with Crippen LogP contribution < -0.4 is 38.5 Å². The first-order valence-electron chi connectivity index (χ1n) is 11.3. The number of benzene rings is 1. The molecule has 1 aromatic rings. The molecular weight excluding hydrogens is 472 g/mol. The number of nitrogens with one attached hydrogen (secondary N) is 4. The highest BCUT2D eigenvalue weighted by atomic mass is 16.3. The smallest absolute Gasteiger partial charge is 0.243 e. The Hall–Kier alpha value is -4.36. The van der Waals surface area contributed by atoms with Crippen LogP contribution in [0, 0.1) is 0 Å². The molecule has 1 saturated heterocycles. The molecule has 0 saturated carbocycles. The van der Waals surface area contributed by atoms with E-state index in [1.165, 1.54) is 12.1 Å². The van der Waals surface area contributed by atoms with Crippen LogP contribution in [0.4, 0.5) is 0 Å². The van der Waals surface area contributed by atoms with E-state index in [9.17, 15) is 29.1 Å². The van der Waals surface area contributed by atoms with Gasteiger partial charge in [-0.25, -0.2) is 0 Å². The highest BCUT2D eigenvalue weighted by molar-refractivity contribution is 5.96. The van der Waals surface area contributed by atoms with E-state index in [1.807, 2.05) is 0 Å². The Morgan fingerprint density at radius 2 is 1.50 bits per heavy atom. The maximum absolute atomic E-state index is 13.2. The van der Waals surface area contributed by atoms with Crippen LogP contribution in [-0.2, 0) is 30.4 Å². The van der Waals surface area contributed by atoms with E-state index in [0.717, 1.165) is 0 Å². The molecule has 1 aliphatic rings. The van der Waals surface area contributed by atoms with E-state index in [2.05, 4.69) is 26.3 Å². The van der Waals surface area contributed by atoms with Crippen molar-refractivity contribution in [1.29, 1.82) is 0 Å². The fourth-order valence-corrected chi connectivity index (χ4v) is 3.49. The van der Waals surface area contributed by atoms with Gasteiger partial charge in [-0.3, -0.25) is 29.0 Å². The standard InChI is InChI=1S/C22H32N8O6/c23-17(32)8-7-15-20(35)30-16(10-12-3-5-13(31)6-4-12)21(36)29-14(2-1-9-26-22(24)25)19(34)27-11-18(33)28-15/h3-6,14-16,31H,1-2,7-11H2,(H2,23,32)(H,27,34)(H,28,33)(H,29,36)(H,30,35)(H4,24,25,26)/t14-,15+,16+/m1/s1. The van der Waals surface area contributed by atoms with Crippen molar-refractivity contribution in [2.24, 2.45) is 22.2 Å². The van der Waals surface area contributed by atoms with E-state index in [1.54, 1.807) is 12.1 Å². The third kappa shape index (κ3) is 9.48. The molecule has 0 aliphatic carbocycles. The number of carbonyl (C=O) groups is 5. The maximum Gasteiger partial charge on any atom is 0.243 e. The number of nitrogens with zero attached hydrogens (tertiary/aromatic N) is 1. The topological polar surface area (TPSA) is 244 Å². The Labute approximate surface area is 207 Å². The lowest BCUT2D eigenvalue weighted by Gasteiger charge is -2.27. The normalized spacial score (nSPS) is 21.1. The minimum absolute atomic E-state index is 0.0245. The molecule has 36 heavy (non-hydrogen) atoms. The molecule has 0 spiro atoms. The van der Waals surface area contributed by atoms with Crippen LogP contribution in [0.3, 0.4) is 0 Å². The Morgan fingerprint density at radius 3 is 2.14 bits per heavy atom. The number of aliphatic imine (C=N–C) groups is 1. The summed E-state index contributed by atoms with van der Waals surface area (Å²) in [5.41, 5.74) is 16.4. The van der Waals surface area contributed by atoms with Gasteiger partial charge >= 0.3 is 0 Å². The summed E-state index contributed by atoms with van der Waals surface area (Å²) in [6.07, 6.45) is 0.264. The van der Waals surface area contributed by atoms with Crippen LogP contribution in [0.15, 0.2) is 29.3 Å². The minimum Gasteiger partial charge on any atom is -0.508 e. The summed E-state index contributed by atoms with van der Waals surface area (Å²) in [6.45, 7) is -0.228. The fourth-order valence-electron chi connectivity index (χ4n) is 3.49. The molecule has 1 aliphatic heterocycles. The average molecular weight is 505 g/mol. The molecule has 1 heterocycles. The number of rotatable bonds is 9. The lowest BCUT2D eigenvalue weighted by atomic mass is 10.0. The number of guanidine groups is 1. The van der Waals surface area contributed by atoms with Crippen molar-refractivity contribution >= 4 is 35.5 Å². The molecule has 0 bridgehead atoms. The lowest BCUT2D eigenvalue weighted by molar-refractivity contribution is -0.135. The fraction of sp³-hybridized carbons (Fsp3) is 0.455. The summed E-state index contributed by atoms with van der Waals surface area (Å²) in [5.74, 6) is -3.35. The highest BCUT2D eigenvalue weighted by Crippen LogP contribution is 2.12. The van der Waals surface area contributed by atoms with Crippen molar-refractivity contribution in [2.75, 3.05) is 13.1 Å². The predicted molar refractivity (Wildman–Crippen MR) is 129 cm³/mol. The Morgan fingerprint density at radius 1 is 0.889 bits per heavy atom. The van der Waals surface area contributed by atoms with Gasteiger partial charge in [0.05, 0.1) is 6.54 Å². The maximum atomic E-state index is 13.2. The van der Waals surface area contributed by atoms with Gasteiger partial charge in [-0.05, 0) is 37.0 Å². The van der Waals surface area contributed by atoms with E-state index < -0.39 is 54.2 Å². The number of primary amides is 1. The van der Waals surface area contributed by atoms with Gasteiger partial charge in [0.2, 0.25) is 29.5 Å². The molecule has 5 amide bonds. The van der Waals surface area contributed by atoms with Crippen molar-refractivity contribution in [3.8, 4) is 5.75 Å². The van der Waals surface area contributed by atoms with Crippen LogP contribution in [0.5, 0.6) is 5.75 Å². The molecule has 1 aromatic carbocycles. The number of amides is 5. The van der Waals surface area contributed by atoms with Gasteiger partial charge < -0.3 is 43.6 Å². The van der Waals surface area contributed by atoms with Gasteiger partial charge in [0, 0.05) is 19.4 Å². The van der Waals surface area contributed by atoms with E-state index in [-0.39, 0.29) is 43.9 Å². The average Bonchev–Trinajstić information content (AvgIpc) is 2.81. The number of phenolic OH excluding ortho intramolecular Hbond substituents is 1. The molecule has 2 rings (SSSR count). The molecule has 3 atom stereocenters. The Balaban J connectivity index is 2.29. The minimum atomic E-state index is -1.16. The van der Waals surface area contributed by atoms with Gasteiger partial charge in [0.25, 0.3) is 0 Å². The van der Waals surface area contributed by atoms with Crippen molar-refractivity contribution < 1.29 is 29.1 Å². The van der Waals surface area contributed by atoms with Gasteiger partial charge in [-0.1, -0.05) is 12.1 Å². The van der Waals surface area contributed by atoms with E-state index >= 15 is 0 Å². The summed E-state index contributed by atoms with van der Waals surface area (Å²) in [5, 5.41) is 19.7. The van der Waals surface area contributed by atoms with Crippen molar-refractivity contribution in [3.63, 3.8) is 0 Å². The summed E-state index contributed by atoms with van der Waals surface area (Å²) >= 11 is 0. The van der Waals surface area contributed by atoms with Gasteiger partial charge in [-0.15, -0.1) is 0 Å². The largest absolute Gasteiger partial charge is 0.508 e. The Kier molecular flexibility index (Phi) is 10.5. The van der Waals surface area contributed by atoms with Crippen LogP contribution in [0.25, 0.3) is 0 Å². The van der Waals surface area contributed by atoms with Crippen molar-refractivity contribution in [2.45, 2.75) is 50.2 Å². The number of carbonyl (C=O) groups excluding carboxylic acids is 5. The van der Waals surface area contributed by atoms with Gasteiger partial charge in [0.1, 0.15) is 23.9 Å². The van der Waals surface area contributed by atoms with E-state index in [0.29, 0.717) is 12.0 Å². The molecule has 11 N–H and O–H groups in total. The summed E-state index contributed by atoms with van der Waals surface area (Å²) < 4.78 is 0. The van der Waals surface area contributed by atoms with Crippen molar-refractivity contribution in [3.05, 3.63) is 29.8 Å². The second kappa shape index (κ2) is 13.5. The zero-order valence-electron chi connectivity index (χ0n) is 19.7. The molecule has 14 nitrogen and oxygen atoms in total. The van der Waals surface area contributed by atoms with Gasteiger partial charge in [0.15, 0.2) is 5.96 Å². The third-order valence-electron chi connectivity index (χ3n) is 5.34. The predicted octanol–water partition coefficient (Wildman–Crippen LogP) is -3.16. The monoisotopic (exact) mass is 504 g/mol. The van der Waals surface area contributed by atoms with Crippen LogP contribution in [0.2, 0.25) is 0 Å². The number of hydrogen-bond donors (Lipinski definition) is 8. The zero-order valence-corrected chi connectivity index (χ0v) is 19.7. The molecular formula is C22H32N8O6. The first-order chi connectivity index (χ1) is 17.0. The summed E-state index contributed by atoms with van der Waals surface area (Å²) in [4.78, 5) is 66.4. The summed E-state index contributed by atoms with van der Waals surface area (Å²) in [6, 6.07) is 2.70. The Bertz CT molecular complexity index is 993. The number of nitrogens with two attached hydrogens (primary N) is 3. The third-order valence-corrected chi connectivity index (χ3v) is 5.34. The molecule has 14 heteroatoms. The van der Waals surface area contributed by atoms with Crippen LogP contribution >= 0.6 is 0 Å². The lowest BCUT2D eigenvalue weighted by Crippen LogP contribution is -2.59. The van der Waals surface area contributed by atoms with E-state index in [4.69, 9.17) is 17.2 Å². The highest BCUT2D eigenvalue weighted by Gasteiger charge is 2.31. The zero-order chi connectivity index (χ0) is 26.7. The molecule has 0 aromatic heterocycles. The van der Waals surface area contributed by atoms with Crippen LogP contribution in [0.1, 0.15) is 31.2 Å². The molecule has 196 valence electrons. The second-order valence-electron chi connectivity index (χ2n) is 8.28. The SMILES string of the molecule is NC(=O)CC[C@@H]1NC(=O)CNC(=O)[C@@H](CCCN=C(N)N)NC(=O)[C@H](Cc2ccc(O)cc2)NC1=O. The van der Waals surface area contributed by atoms with Gasteiger partial charge in [-0.2, -0.15) is 0 Å². The number of phenols is 1. The first kappa shape index (κ1) is 27.9. The number of hydrogen-bond acceptors (Lipinski definition) is 7.